The monoisotopic (exact) mass is 328 g/mol. The summed E-state index contributed by atoms with van der Waals surface area (Å²) in [5.74, 6) is -0.611. The molecule has 23 heavy (non-hydrogen) atoms. The molecule has 132 valence electrons. The molecule has 4 saturated heterocycles. The molecule has 6 heteroatoms. The maximum absolute atomic E-state index is 11.7. The average Bonchev–Trinajstić information content (AvgIpc) is 2.69. The van der Waals surface area contributed by atoms with Crippen molar-refractivity contribution in [3.63, 3.8) is 0 Å². The van der Waals surface area contributed by atoms with Gasteiger partial charge in [-0.1, -0.05) is 13.8 Å². The molecule has 1 saturated carbocycles. The summed E-state index contributed by atoms with van der Waals surface area (Å²) in [6.45, 7) is 8.58. The van der Waals surface area contributed by atoms with E-state index in [0.717, 1.165) is 12.8 Å². The summed E-state index contributed by atoms with van der Waals surface area (Å²) in [4.78, 5) is 11.6. The first-order valence-corrected chi connectivity index (χ1v) is 8.90. The van der Waals surface area contributed by atoms with E-state index >= 15 is 0 Å². The second kappa shape index (κ2) is 5.13. The number of rotatable bonds is 2. The minimum absolute atomic E-state index is 0.0710. The smallest absolute Gasteiger partial charge is 0.201 e. The predicted molar refractivity (Wildman–Crippen MR) is 79.9 cm³/mol. The molecule has 6 nitrogen and oxygen atoms in total. The molecule has 5 rings (SSSR count). The van der Waals surface area contributed by atoms with Crippen molar-refractivity contribution in [1.29, 1.82) is 0 Å². The molecule has 0 unspecified atom stereocenters. The highest BCUT2D eigenvalue weighted by Crippen LogP contribution is 2.62. The third kappa shape index (κ3) is 1.96. The standard InChI is InChI=1S/C17H28O6/c1-5-19-13-11(3)12-7-6-10(2)16(18)9-8-15(4)21-14(20-13)17(12,16)23-22-15/h10-14,18H,5-9H2,1-4H3/t10-,11-,12+,13+,14-,15+,16-,17-/m1/s1. The van der Waals surface area contributed by atoms with E-state index in [2.05, 4.69) is 13.8 Å². The minimum Gasteiger partial charge on any atom is -0.386 e. The molecule has 4 aliphatic heterocycles. The van der Waals surface area contributed by atoms with Crippen molar-refractivity contribution in [3.8, 4) is 0 Å². The Kier molecular flexibility index (Phi) is 3.62. The van der Waals surface area contributed by atoms with Gasteiger partial charge in [0, 0.05) is 24.9 Å². The number of aliphatic hydroxyl groups is 1. The van der Waals surface area contributed by atoms with Crippen LogP contribution in [0, 0.1) is 17.8 Å². The van der Waals surface area contributed by atoms with Gasteiger partial charge in [-0.2, -0.15) is 0 Å². The molecule has 1 aliphatic carbocycles. The Bertz CT molecular complexity index is 486. The van der Waals surface area contributed by atoms with Crippen LogP contribution in [0.1, 0.15) is 53.4 Å². The molecular weight excluding hydrogens is 300 g/mol. The Morgan fingerprint density at radius 1 is 1.17 bits per heavy atom. The quantitative estimate of drug-likeness (QED) is 0.785. The summed E-state index contributed by atoms with van der Waals surface area (Å²) < 4.78 is 18.1. The Balaban J connectivity index is 1.81. The lowest BCUT2D eigenvalue weighted by molar-refractivity contribution is -0.586. The molecule has 1 spiro atoms. The maximum Gasteiger partial charge on any atom is 0.201 e. The Morgan fingerprint density at radius 2 is 1.96 bits per heavy atom. The predicted octanol–water partition coefficient (Wildman–Crippen LogP) is 2.35. The molecule has 1 N–H and O–H groups in total. The van der Waals surface area contributed by atoms with E-state index in [1.165, 1.54) is 0 Å². The lowest BCUT2D eigenvalue weighted by Crippen LogP contribution is -2.77. The van der Waals surface area contributed by atoms with Crippen LogP contribution in [0.5, 0.6) is 0 Å². The van der Waals surface area contributed by atoms with Crippen LogP contribution in [-0.2, 0) is 24.0 Å². The summed E-state index contributed by atoms with van der Waals surface area (Å²) in [5.41, 5.74) is -1.99. The van der Waals surface area contributed by atoms with Gasteiger partial charge in [-0.05, 0) is 39.0 Å². The van der Waals surface area contributed by atoms with Crippen LogP contribution in [0.15, 0.2) is 0 Å². The third-order valence-corrected chi connectivity index (χ3v) is 6.63. The van der Waals surface area contributed by atoms with Crippen molar-refractivity contribution in [2.24, 2.45) is 17.8 Å². The minimum atomic E-state index is -1.01. The van der Waals surface area contributed by atoms with Crippen molar-refractivity contribution < 1.29 is 29.1 Å². The second-order valence-corrected chi connectivity index (χ2v) is 7.87. The molecule has 5 aliphatic rings. The van der Waals surface area contributed by atoms with Gasteiger partial charge in [0.1, 0.15) is 5.60 Å². The Hall–Kier alpha value is -0.240. The molecule has 2 bridgehead atoms. The maximum atomic E-state index is 11.7. The van der Waals surface area contributed by atoms with E-state index in [0.29, 0.717) is 19.4 Å². The number of ether oxygens (including phenoxy) is 3. The van der Waals surface area contributed by atoms with E-state index in [9.17, 15) is 5.11 Å². The second-order valence-electron chi connectivity index (χ2n) is 7.87. The number of hydrogen-bond donors (Lipinski definition) is 1. The molecular formula is C17H28O6. The summed E-state index contributed by atoms with van der Waals surface area (Å²) in [7, 11) is 0. The fourth-order valence-electron chi connectivity index (χ4n) is 5.16. The summed E-state index contributed by atoms with van der Waals surface area (Å²) in [5, 5.41) is 11.7. The summed E-state index contributed by atoms with van der Waals surface area (Å²) in [6.07, 6.45) is 2.05. The van der Waals surface area contributed by atoms with Gasteiger partial charge in [-0.15, -0.1) is 0 Å². The molecule has 0 aromatic rings. The molecule has 4 heterocycles. The van der Waals surface area contributed by atoms with Crippen molar-refractivity contribution in [1.82, 2.24) is 0 Å². The van der Waals surface area contributed by atoms with Crippen molar-refractivity contribution in [3.05, 3.63) is 0 Å². The van der Waals surface area contributed by atoms with E-state index in [1.807, 2.05) is 13.8 Å². The van der Waals surface area contributed by atoms with Crippen molar-refractivity contribution >= 4 is 0 Å². The molecule has 0 aromatic carbocycles. The Morgan fingerprint density at radius 3 is 2.70 bits per heavy atom. The largest absolute Gasteiger partial charge is 0.386 e. The van der Waals surface area contributed by atoms with E-state index in [1.54, 1.807) is 0 Å². The average molecular weight is 328 g/mol. The van der Waals surface area contributed by atoms with Crippen molar-refractivity contribution in [2.45, 2.75) is 82.9 Å². The number of fused-ring (bicyclic) bond motifs is 2. The van der Waals surface area contributed by atoms with Crippen LogP contribution in [-0.4, -0.2) is 41.3 Å². The summed E-state index contributed by atoms with van der Waals surface area (Å²) >= 11 is 0. The number of hydrogen-bond acceptors (Lipinski definition) is 6. The zero-order valence-electron chi connectivity index (χ0n) is 14.4. The van der Waals surface area contributed by atoms with Gasteiger partial charge >= 0.3 is 0 Å². The topological polar surface area (TPSA) is 66.4 Å². The highest BCUT2D eigenvalue weighted by atomic mass is 17.3. The molecule has 0 amide bonds. The SMILES string of the molecule is CCO[C@H]1O[C@@H]2O[C@]3(C)CC[C@@]4(O)[C@H](C)CC[C@@H]([C@H]1C)[C@@]24OO3. The van der Waals surface area contributed by atoms with Crippen LogP contribution in [0.2, 0.25) is 0 Å². The van der Waals surface area contributed by atoms with Gasteiger partial charge in [-0.3, -0.25) is 0 Å². The Labute approximate surface area is 137 Å². The van der Waals surface area contributed by atoms with Crippen LogP contribution in [0.3, 0.4) is 0 Å². The zero-order chi connectivity index (χ0) is 16.5. The van der Waals surface area contributed by atoms with Gasteiger partial charge in [0.05, 0.1) is 0 Å². The van der Waals surface area contributed by atoms with Crippen LogP contribution in [0.25, 0.3) is 0 Å². The van der Waals surface area contributed by atoms with Crippen molar-refractivity contribution in [2.75, 3.05) is 6.61 Å². The molecule has 8 atom stereocenters. The van der Waals surface area contributed by atoms with E-state index in [4.69, 9.17) is 24.0 Å². The van der Waals surface area contributed by atoms with Gasteiger partial charge in [0.2, 0.25) is 5.79 Å². The van der Waals surface area contributed by atoms with Gasteiger partial charge in [0.15, 0.2) is 18.2 Å². The van der Waals surface area contributed by atoms with Gasteiger partial charge in [0.25, 0.3) is 0 Å². The molecule has 0 radical (unpaired) electrons. The lowest BCUT2D eigenvalue weighted by atomic mass is 9.55. The first kappa shape index (κ1) is 16.2. The third-order valence-electron chi connectivity index (χ3n) is 6.63. The van der Waals surface area contributed by atoms with E-state index in [-0.39, 0.29) is 24.0 Å². The van der Waals surface area contributed by atoms with E-state index < -0.39 is 23.3 Å². The van der Waals surface area contributed by atoms with Crippen LogP contribution >= 0.6 is 0 Å². The fourth-order valence-corrected chi connectivity index (χ4v) is 5.16. The van der Waals surface area contributed by atoms with Gasteiger partial charge in [-0.25, -0.2) is 9.78 Å². The highest BCUT2D eigenvalue weighted by molar-refractivity contribution is 5.17. The van der Waals surface area contributed by atoms with Crippen LogP contribution < -0.4 is 0 Å². The first-order chi connectivity index (χ1) is 10.9. The van der Waals surface area contributed by atoms with Crippen LogP contribution in [0.4, 0.5) is 0 Å². The normalized spacial score (nSPS) is 58.6. The molecule has 5 fully saturated rings. The molecule has 0 aromatic heterocycles. The summed E-state index contributed by atoms with van der Waals surface area (Å²) in [6, 6.07) is 0. The highest BCUT2D eigenvalue weighted by Gasteiger charge is 2.75. The van der Waals surface area contributed by atoms with Gasteiger partial charge < -0.3 is 19.3 Å². The fraction of sp³-hybridized carbons (Fsp3) is 1.00. The first-order valence-electron chi connectivity index (χ1n) is 8.90. The lowest BCUT2D eigenvalue weighted by Gasteiger charge is -2.62. The zero-order valence-corrected chi connectivity index (χ0v) is 14.4.